The van der Waals surface area contributed by atoms with Crippen molar-refractivity contribution >= 4 is 21.6 Å². The van der Waals surface area contributed by atoms with Crippen LogP contribution >= 0.6 is 0 Å². The Balaban J connectivity index is 2.18. The van der Waals surface area contributed by atoms with E-state index in [1.165, 1.54) is 0 Å². The second-order valence-corrected chi connectivity index (χ2v) is 7.90. The number of nitrogens with one attached hydrogen (secondary N) is 1. The second kappa shape index (κ2) is 5.49. The minimum atomic E-state index is -3.17. The summed E-state index contributed by atoms with van der Waals surface area (Å²) in [6, 6.07) is 5.85. The summed E-state index contributed by atoms with van der Waals surface area (Å²) in [7, 11) is -3.17. The van der Waals surface area contributed by atoms with Crippen molar-refractivity contribution in [1.82, 2.24) is 9.78 Å². The standard InChI is InChI=1S/C16H19N3O3S/c1-4-15(20)17-16-12-8-23(21,22)9-13(12)18-19(16)14-7-5-6-10(2)11(14)3/h5-7H,4,8-9H2,1-3H3,(H,17,20). The SMILES string of the molecule is CCC(=O)Nc1c2c(nn1-c1cccc(C)c1C)CS(=O)(=O)C2. The van der Waals surface area contributed by atoms with Gasteiger partial charge >= 0.3 is 0 Å². The molecule has 0 spiro atoms. The summed E-state index contributed by atoms with van der Waals surface area (Å²) >= 11 is 0. The van der Waals surface area contributed by atoms with Gasteiger partial charge in [-0.25, -0.2) is 13.1 Å². The van der Waals surface area contributed by atoms with Crippen LogP contribution in [0.15, 0.2) is 18.2 Å². The van der Waals surface area contributed by atoms with E-state index in [2.05, 4.69) is 10.4 Å². The molecule has 0 atom stereocenters. The van der Waals surface area contributed by atoms with Crippen molar-refractivity contribution in [3.05, 3.63) is 40.6 Å². The monoisotopic (exact) mass is 333 g/mol. The summed E-state index contributed by atoms with van der Waals surface area (Å²) in [5.41, 5.74) is 4.13. The van der Waals surface area contributed by atoms with E-state index in [1.54, 1.807) is 11.6 Å². The largest absolute Gasteiger partial charge is 0.310 e. The number of hydrogen-bond acceptors (Lipinski definition) is 4. The Morgan fingerprint density at radius 3 is 2.74 bits per heavy atom. The van der Waals surface area contributed by atoms with Gasteiger partial charge < -0.3 is 5.32 Å². The molecule has 2 heterocycles. The lowest BCUT2D eigenvalue weighted by atomic mass is 10.1. The maximum Gasteiger partial charge on any atom is 0.225 e. The predicted octanol–water partition coefficient (Wildman–Crippen LogP) is 2.27. The Morgan fingerprint density at radius 2 is 2.04 bits per heavy atom. The Bertz CT molecular complexity index is 898. The summed E-state index contributed by atoms with van der Waals surface area (Å²) in [5, 5.41) is 7.29. The molecule has 0 aliphatic carbocycles. The van der Waals surface area contributed by atoms with Crippen LogP contribution in [0.2, 0.25) is 0 Å². The van der Waals surface area contributed by atoms with Gasteiger partial charge in [-0.3, -0.25) is 4.79 Å². The van der Waals surface area contributed by atoms with Crippen molar-refractivity contribution in [2.24, 2.45) is 0 Å². The van der Waals surface area contributed by atoms with Gasteiger partial charge in [0.1, 0.15) is 5.82 Å². The number of hydrogen-bond donors (Lipinski definition) is 1. The molecule has 23 heavy (non-hydrogen) atoms. The van der Waals surface area contributed by atoms with Gasteiger partial charge in [0.15, 0.2) is 9.84 Å². The first kappa shape index (κ1) is 15.7. The van der Waals surface area contributed by atoms with Crippen LogP contribution in [0.4, 0.5) is 5.82 Å². The summed E-state index contributed by atoms with van der Waals surface area (Å²) in [5.74, 6) is 0.159. The van der Waals surface area contributed by atoms with Crippen molar-refractivity contribution in [3.8, 4) is 5.69 Å². The number of aryl methyl sites for hydroxylation is 1. The second-order valence-electron chi connectivity index (χ2n) is 5.84. The number of carbonyl (C=O) groups excluding carboxylic acids is 1. The molecular weight excluding hydrogens is 314 g/mol. The fourth-order valence-corrected chi connectivity index (χ4v) is 4.22. The molecule has 122 valence electrons. The van der Waals surface area contributed by atoms with Gasteiger partial charge in [-0.1, -0.05) is 19.1 Å². The van der Waals surface area contributed by atoms with E-state index in [0.717, 1.165) is 16.8 Å². The third kappa shape index (κ3) is 2.76. The average molecular weight is 333 g/mol. The molecule has 0 radical (unpaired) electrons. The predicted molar refractivity (Wildman–Crippen MR) is 88.3 cm³/mol. The zero-order valence-corrected chi connectivity index (χ0v) is 14.2. The highest BCUT2D eigenvalue weighted by Crippen LogP contribution is 2.34. The lowest BCUT2D eigenvalue weighted by Crippen LogP contribution is -2.16. The van der Waals surface area contributed by atoms with Gasteiger partial charge in [0, 0.05) is 12.0 Å². The van der Waals surface area contributed by atoms with Crippen molar-refractivity contribution in [2.75, 3.05) is 5.32 Å². The lowest BCUT2D eigenvalue weighted by Gasteiger charge is -2.13. The number of aromatic nitrogens is 2. The third-order valence-electron chi connectivity index (χ3n) is 4.17. The first-order valence-corrected chi connectivity index (χ1v) is 9.32. The molecule has 1 aliphatic heterocycles. The topological polar surface area (TPSA) is 81.1 Å². The van der Waals surface area contributed by atoms with Crippen LogP contribution in [-0.2, 0) is 26.1 Å². The molecule has 1 N–H and O–H groups in total. The number of sulfone groups is 1. The number of fused-ring (bicyclic) bond motifs is 1. The summed E-state index contributed by atoms with van der Waals surface area (Å²) in [6.45, 7) is 5.75. The van der Waals surface area contributed by atoms with Crippen molar-refractivity contribution in [1.29, 1.82) is 0 Å². The van der Waals surface area contributed by atoms with Gasteiger partial charge in [0.05, 0.1) is 22.9 Å². The molecule has 0 saturated heterocycles. The third-order valence-corrected chi connectivity index (χ3v) is 5.61. The highest BCUT2D eigenvalue weighted by molar-refractivity contribution is 7.90. The van der Waals surface area contributed by atoms with E-state index in [-0.39, 0.29) is 17.4 Å². The zero-order chi connectivity index (χ0) is 16.8. The number of rotatable bonds is 3. The van der Waals surface area contributed by atoms with E-state index >= 15 is 0 Å². The highest BCUT2D eigenvalue weighted by Gasteiger charge is 2.33. The zero-order valence-electron chi connectivity index (χ0n) is 13.4. The molecule has 1 aromatic carbocycles. The number of benzene rings is 1. The van der Waals surface area contributed by atoms with E-state index in [4.69, 9.17) is 0 Å². The van der Waals surface area contributed by atoms with Crippen LogP contribution < -0.4 is 5.32 Å². The van der Waals surface area contributed by atoms with E-state index in [1.807, 2.05) is 32.0 Å². The van der Waals surface area contributed by atoms with Crippen LogP contribution in [0.5, 0.6) is 0 Å². The van der Waals surface area contributed by atoms with Gasteiger partial charge in [0.25, 0.3) is 0 Å². The summed E-state index contributed by atoms with van der Waals surface area (Å²) in [4.78, 5) is 11.9. The molecule has 0 saturated carbocycles. The molecule has 1 aromatic heterocycles. The molecule has 0 unspecified atom stereocenters. The first-order chi connectivity index (χ1) is 10.8. The molecule has 3 rings (SSSR count). The quantitative estimate of drug-likeness (QED) is 0.934. The van der Waals surface area contributed by atoms with Gasteiger partial charge in [-0.05, 0) is 31.0 Å². The Labute approximate surface area is 135 Å². The minimum Gasteiger partial charge on any atom is -0.310 e. The molecule has 6 nitrogen and oxygen atoms in total. The van der Waals surface area contributed by atoms with Crippen molar-refractivity contribution < 1.29 is 13.2 Å². The highest BCUT2D eigenvalue weighted by atomic mass is 32.2. The van der Waals surface area contributed by atoms with Crippen molar-refractivity contribution in [2.45, 2.75) is 38.7 Å². The molecule has 7 heteroatoms. The Morgan fingerprint density at radius 1 is 1.30 bits per heavy atom. The Hall–Kier alpha value is -2.15. The molecule has 1 amide bonds. The van der Waals surface area contributed by atoms with Gasteiger partial charge in [-0.2, -0.15) is 5.10 Å². The molecule has 0 fully saturated rings. The number of nitrogens with zero attached hydrogens (tertiary/aromatic N) is 2. The normalized spacial score (nSPS) is 15.4. The van der Waals surface area contributed by atoms with Crippen LogP contribution in [-0.4, -0.2) is 24.1 Å². The van der Waals surface area contributed by atoms with E-state index < -0.39 is 9.84 Å². The van der Waals surface area contributed by atoms with Crippen molar-refractivity contribution in [3.63, 3.8) is 0 Å². The summed E-state index contributed by atoms with van der Waals surface area (Å²) < 4.78 is 25.4. The van der Waals surface area contributed by atoms with Crippen LogP contribution in [0.25, 0.3) is 5.69 Å². The van der Waals surface area contributed by atoms with Crippen LogP contribution in [0, 0.1) is 13.8 Å². The average Bonchev–Trinajstić information content (AvgIpc) is 2.95. The van der Waals surface area contributed by atoms with Crippen LogP contribution in [0.3, 0.4) is 0 Å². The maximum atomic E-state index is 11.9. The molecule has 0 bridgehead atoms. The van der Waals surface area contributed by atoms with E-state index in [9.17, 15) is 13.2 Å². The molecule has 1 aliphatic rings. The smallest absolute Gasteiger partial charge is 0.225 e. The Kier molecular flexibility index (Phi) is 3.75. The maximum absolute atomic E-state index is 11.9. The first-order valence-electron chi connectivity index (χ1n) is 7.50. The fraction of sp³-hybridized carbons (Fsp3) is 0.375. The number of amides is 1. The van der Waals surface area contributed by atoms with Gasteiger partial charge in [-0.15, -0.1) is 0 Å². The van der Waals surface area contributed by atoms with E-state index in [0.29, 0.717) is 23.5 Å². The summed E-state index contributed by atoms with van der Waals surface area (Å²) in [6.07, 6.45) is 0.319. The fourth-order valence-electron chi connectivity index (χ4n) is 2.73. The minimum absolute atomic E-state index is 0.0742. The molecule has 2 aromatic rings. The lowest BCUT2D eigenvalue weighted by molar-refractivity contribution is -0.115. The molecular formula is C16H19N3O3S. The van der Waals surface area contributed by atoms with Gasteiger partial charge in [0.2, 0.25) is 5.91 Å². The van der Waals surface area contributed by atoms with Crippen LogP contribution in [0.1, 0.15) is 35.7 Å². The number of carbonyl (C=O) groups is 1. The number of anilines is 1.